The smallest absolute Gasteiger partial charge is 0.257 e. The minimum Gasteiger partial charge on any atom is -0.507 e. The quantitative estimate of drug-likeness (QED) is 0.234. The molecule has 34 heavy (non-hydrogen) atoms. The average Bonchev–Trinajstić information content (AvgIpc) is 3.27. The number of aromatic hydroxyl groups is 1. The molecule has 0 aliphatic heterocycles. The number of amides is 1. The van der Waals surface area contributed by atoms with Gasteiger partial charge in [0.2, 0.25) is 5.89 Å². The molecule has 4 aromatic rings. The highest BCUT2D eigenvalue weighted by atomic mass is 32.1. The van der Waals surface area contributed by atoms with Crippen LogP contribution in [0.25, 0.3) is 22.6 Å². The molecule has 4 rings (SSSR count). The van der Waals surface area contributed by atoms with Crippen LogP contribution in [-0.2, 0) is 6.42 Å². The van der Waals surface area contributed by atoms with E-state index in [0.29, 0.717) is 40.6 Å². The number of hydrogen-bond acceptors (Lipinski definition) is 6. The summed E-state index contributed by atoms with van der Waals surface area (Å²) in [5, 5.41) is 16.1. The lowest BCUT2D eigenvalue weighted by molar-refractivity contribution is 0.0977. The molecular weight excluding hydrogens is 450 g/mol. The molecule has 0 spiro atoms. The van der Waals surface area contributed by atoms with E-state index in [4.69, 9.17) is 21.4 Å². The Hall–Kier alpha value is -3.91. The number of phenolic OH excluding ortho intramolecular Hbond substituents is 1. The van der Waals surface area contributed by atoms with Gasteiger partial charge in [-0.3, -0.25) is 10.1 Å². The SMILES string of the molecule is CCCOc1ccc(C(=O)NC(=S)Nc2ccc(O)c(-c3nc4cc(CC)ccc4o3)c2)cc1. The number of anilines is 1. The third-order valence-electron chi connectivity index (χ3n) is 5.16. The van der Waals surface area contributed by atoms with Crippen LogP contribution in [0.4, 0.5) is 5.69 Å². The molecular formula is C26H25N3O4S. The van der Waals surface area contributed by atoms with Gasteiger partial charge in [0, 0.05) is 11.3 Å². The van der Waals surface area contributed by atoms with E-state index in [1.165, 1.54) is 6.07 Å². The van der Waals surface area contributed by atoms with E-state index in [1.807, 2.05) is 25.1 Å². The number of ether oxygens (including phenoxy) is 1. The Morgan fingerprint density at radius 3 is 2.62 bits per heavy atom. The number of nitrogens with zero attached hydrogens (tertiary/aromatic N) is 1. The van der Waals surface area contributed by atoms with Crippen LogP contribution in [0.3, 0.4) is 0 Å². The van der Waals surface area contributed by atoms with Gasteiger partial charge in [0.25, 0.3) is 5.91 Å². The number of hydrogen-bond donors (Lipinski definition) is 3. The molecule has 3 aromatic carbocycles. The predicted molar refractivity (Wildman–Crippen MR) is 136 cm³/mol. The molecule has 1 aromatic heterocycles. The normalized spacial score (nSPS) is 10.8. The fourth-order valence-corrected chi connectivity index (χ4v) is 3.56. The van der Waals surface area contributed by atoms with Gasteiger partial charge in [-0.05, 0) is 85.2 Å². The molecule has 1 amide bonds. The van der Waals surface area contributed by atoms with Crippen molar-refractivity contribution in [3.05, 3.63) is 71.8 Å². The lowest BCUT2D eigenvalue weighted by Crippen LogP contribution is -2.34. The van der Waals surface area contributed by atoms with Crippen LogP contribution in [-0.4, -0.2) is 27.7 Å². The van der Waals surface area contributed by atoms with E-state index in [2.05, 4.69) is 22.5 Å². The summed E-state index contributed by atoms with van der Waals surface area (Å²) in [6, 6.07) is 17.5. The van der Waals surface area contributed by atoms with Crippen molar-refractivity contribution in [3.8, 4) is 23.0 Å². The molecule has 0 aliphatic carbocycles. The van der Waals surface area contributed by atoms with Gasteiger partial charge in [0.05, 0.1) is 12.2 Å². The highest BCUT2D eigenvalue weighted by Crippen LogP contribution is 2.33. The van der Waals surface area contributed by atoms with Gasteiger partial charge in [-0.2, -0.15) is 0 Å². The topological polar surface area (TPSA) is 96.6 Å². The molecule has 0 bridgehead atoms. The van der Waals surface area contributed by atoms with Crippen molar-refractivity contribution in [2.24, 2.45) is 0 Å². The van der Waals surface area contributed by atoms with Crippen molar-refractivity contribution < 1.29 is 19.1 Å². The number of aryl methyl sites for hydroxylation is 1. The second-order valence-electron chi connectivity index (χ2n) is 7.69. The summed E-state index contributed by atoms with van der Waals surface area (Å²) < 4.78 is 11.4. The van der Waals surface area contributed by atoms with Crippen LogP contribution >= 0.6 is 12.2 Å². The summed E-state index contributed by atoms with van der Waals surface area (Å²) in [4.78, 5) is 17.0. The minimum absolute atomic E-state index is 0.0214. The maximum atomic E-state index is 12.5. The lowest BCUT2D eigenvalue weighted by atomic mass is 10.1. The minimum atomic E-state index is -0.343. The van der Waals surface area contributed by atoms with Crippen molar-refractivity contribution in [2.45, 2.75) is 26.7 Å². The molecule has 0 aliphatic rings. The summed E-state index contributed by atoms with van der Waals surface area (Å²) in [6.45, 7) is 4.72. The zero-order chi connectivity index (χ0) is 24.1. The number of rotatable bonds is 7. The van der Waals surface area contributed by atoms with Crippen LogP contribution in [0.15, 0.2) is 65.1 Å². The van der Waals surface area contributed by atoms with Gasteiger partial charge < -0.3 is 19.6 Å². The van der Waals surface area contributed by atoms with Gasteiger partial charge in [0.15, 0.2) is 10.7 Å². The molecule has 8 heteroatoms. The number of oxazole rings is 1. The van der Waals surface area contributed by atoms with Crippen LogP contribution in [0, 0.1) is 0 Å². The highest BCUT2D eigenvalue weighted by Gasteiger charge is 2.15. The molecule has 0 saturated carbocycles. The second-order valence-corrected chi connectivity index (χ2v) is 8.10. The van der Waals surface area contributed by atoms with Crippen LogP contribution < -0.4 is 15.4 Å². The largest absolute Gasteiger partial charge is 0.507 e. The van der Waals surface area contributed by atoms with E-state index in [-0.39, 0.29) is 16.8 Å². The number of thiocarbonyl (C=S) groups is 1. The second kappa shape index (κ2) is 10.4. The van der Waals surface area contributed by atoms with Gasteiger partial charge in [-0.25, -0.2) is 4.98 Å². The van der Waals surface area contributed by atoms with Gasteiger partial charge in [0.1, 0.15) is 17.0 Å². The first-order valence-corrected chi connectivity index (χ1v) is 11.5. The van der Waals surface area contributed by atoms with Crippen LogP contribution in [0.2, 0.25) is 0 Å². The molecule has 3 N–H and O–H groups in total. The van der Waals surface area contributed by atoms with Crippen molar-refractivity contribution in [1.82, 2.24) is 10.3 Å². The maximum Gasteiger partial charge on any atom is 0.257 e. The Morgan fingerprint density at radius 2 is 1.88 bits per heavy atom. The fraction of sp³-hybridized carbons (Fsp3) is 0.192. The summed E-state index contributed by atoms with van der Waals surface area (Å²) in [5.74, 6) is 0.683. The number of benzene rings is 3. The molecule has 0 saturated heterocycles. The number of carbonyl (C=O) groups is 1. The number of nitrogens with one attached hydrogen (secondary N) is 2. The molecule has 7 nitrogen and oxygen atoms in total. The van der Waals surface area contributed by atoms with Crippen molar-refractivity contribution in [1.29, 1.82) is 0 Å². The molecule has 174 valence electrons. The van der Waals surface area contributed by atoms with Gasteiger partial charge >= 0.3 is 0 Å². The molecule has 0 radical (unpaired) electrons. The molecule has 0 unspecified atom stereocenters. The van der Waals surface area contributed by atoms with Gasteiger partial charge in [-0.15, -0.1) is 0 Å². The zero-order valence-corrected chi connectivity index (χ0v) is 19.7. The first-order valence-electron chi connectivity index (χ1n) is 11.0. The number of aromatic nitrogens is 1. The van der Waals surface area contributed by atoms with E-state index >= 15 is 0 Å². The van der Waals surface area contributed by atoms with E-state index in [9.17, 15) is 9.90 Å². The molecule has 1 heterocycles. The first kappa shape index (κ1) is 23.3. The lowest BCUT2D eigenvalue weighted by Gasteiger charge is -2.11. The van der Waals surface area contributed by atoms with Crippen LogP contribution in [0.5, 0.6) is 11.5 Å². The number of fused-ring (bicyclic) bond motifs is 1. The summed E-state index contributed by atoms with van der Waals surface area (Å²) in [6.07, 6.45) is 1.80. The van der Waals surface area contributed by atoms with Crippen molar-refractivity contribution in [2.75, 3.05) is 11.9 Å². The Morgan fingerprint density at radius 1 is 1.09 bits per heavy atom. The summed E-state index contributed by atoms with van der Waals surface area (Å²) in [5.41, 5.74) is 3.95. The zero-order valence-electron chi connectivity index (χ0n) is 18.9. The van der Waals surface area contributed by atoms with Crippen molar-refractivity contribution >= 4 is 40.0 Å². The fourth-order valence-electron chi connectivity index (χ4n) is 3.35. The third kappa shape index (κ3) is 5.35. The Kier molecular flexibility index (Phi) is 7.08. The van der Waals surface area contributed by atoms with Crippen LogP contribution in [0.1, 0.15) is 36.2 Å². The predicted octanol–water partition coefficient (Wildman–Crippen LogP) is 5.68. The third-order valence-corrected chi connectivity index (χ3v) is 5.37. The Labute approximate surface area is 202 Å². The Bertz CT molecular complexity index is 1330. The maximum absolute atomic E-state index is 12.5. The summed E-state index contributed by atoms with van der Waals surface area (Å²) >= 11 is 5.30. The average molecular weight is 476 g/mol. The number of carbonyl (C=O) groups excluding carboxylic acids is 1. The van der Waals surface area contributed by atoms with E-state index in [0.717, 1.165) is 23.9 Å². The standard InChI is InChI=1S/C26H25N3O4S/c1-3-13-32-19-9-6-17(7-10-19)24(31)29-26(34)27-18-8-11-22(30)20(15-18)25-28-21-14-16(4-2)5-12-23(21)33-25/h5-12,14-15,30H,3-4,13H2,1-2H3,(H2,27,29,31,34). The first-order chi connectivity index (χ1) is 16.5. The monoisotopic (exact) mass is 475 g/mol. The molecule has 0 atom stereocenters. The number of phenols is 1. The molecule has 0 fully saturated rings. The highest BCUT2D eigenvalue weighted by molar-refractivity contribution is 7.80. The van der Waals surface area contributed by atoms with Crippen molar-refractivity contribution in [3.63, 3.8) is 0 Å². The van der Waals surface area contributed by atoms with E-state index < -0.39 is 0 Å². The van der Waals surface area contributed by atoms with E-state index in [1.54, 1.807) is 36.4 Å². The van der Waals surface area contributed by atoms with Gasteiger partial charge in [-0.1, -0.05) is 19.9 Å². The Balaban J connectivity index is 1.45. The summed E-state index contributed by atoms with van der Waals surface area (Å²) in [7, 11) is 0.